The first-order chi connectivity index (χ1) is 10.0. The number of rotatable bonds is 6. The second-order valence-electron chi connectivity index (χ2n) is 4.48. The van der Waals surface area contributed by atoms with Gasteiger partial charge in [-0.25, -0.2) is 13.1 Å². The van der Waals surface area contributed by atoms with Crippen LogP contribution in [-0.4, -0.2) is 19.9 Å². The monoisotopic (exact) mass is 325 g/mol. The zero-order valence-corrected chi connectivity index (χ0v) is 12.9. The van der Waals surface area contributed by atoms with Crippen molar-refractivity contribution in [2.24, 2.45) is 5.73 Å². The smallest absolute Gasteiger partial charge is 0.242 e. The summed E-state index contributed by atoms with van der Waals surface area (Å²) in [6.07, 6.45) is 3.93. The highest BCUT2D eigenvalue weighted by Crippen LogP contribution is 2.22. The van der Waals surface area contributed by atoms with E-state index in [1.54, 1.807) is 24.5 Å². The molecular formula is C14H16ClN3O2S. The Labute approximate surface area is 129 Å². The largest absolute Gasteiger partial charge is 0.326 e. The van der Waals surface area contributed by atoms with Crippen molar-refractivity contribution in [1.82, 2.24) is 9.71 Å². The molecule has 3 N–H and O–H groups in total. The maximum absolute atomic E-state index is 12.3. The predicted octanol–water partition coefficient (Wildman–Crippen LogP) is 1.71. The number of sulfonamides is 1. The van der Waals surface area contributed by atoms with E-state index < -0.39 is 10.0 Å². The average molecular weight is 326 g/mol. The zero-order chi connectivity index (χ0) is 15.3. The Morgan fingerprint density at radius 3 is 2.71 bits per heavy atom. The molecule has 2 aromatic rings. The molecule has 0 aliphatic heterocycles. The molecule has 1 aromatic carbocycles. The lowest BCUT2D eigenvalue weighted by atomic mass is 10.2. The number of aromatic nitrogens is 1. The molecule has 21 heavy (non-hydrogen) atoms. The van der Waals surface area contributed by atoms with E-state index in [9.17, 15) is 8.42 Å². The number of nitrogens with two attached hydrogens (primary N) is 1. The predicted molar refractivity (Wildman–Crippen MR) is 82.5 cm³/mol. The fourth-order valence-corrected chi connectivity index (χ4v) is 3.41. The van der Waals surface area contributed by atoms with Crippen LogP contribution in [0.1, 0.15) is 11.1 Å². The Balaban J connectivity index is 2.08. The van der Waals surface area contributed by atoms with Gasteiger partial charge < -0.3 is 5.73 Å². The van der Waals surface area contributed by atoms with Gasteiger partial charge in [0, 0.05) is 25.5 Å². The normalized spacial score (nSPS) is 11.5. The molecule has 0 amide bonds. The number of benzene rings is 1. The Hall–Kier alpha value is -1.47. The van der Waals surface area contributed by atoms with Gasteiger partial charge >= 0.3 is 0 Å². The maximum Gasteiger partial charge on any atom is 0.242 e. The van der Waals surface area contributed by atoms with Crippen LogP contribution in [0.5, 0.6) is 0 Å². The molecule has 0 saturated heterocycles. The van der Waals surface area contributed by atoms with Crippen LogP contribution < -0.4 is 10.5 Å². The third kappa shape index (κ3) is 4.25. The second kappa shape index (κ2) is 7.00. The first-order valence-corrected chi connectivity index (χ1v) is 8.26. The highest BCUT2D eigenvalue weighted by atomic mass is 35.5. The first-order valence-electron chi connectivity index (χ1n) is 6.40. The molecule has 2 rings (SSSR count). The topological polar surface area (TPSA) is 85.1 Å². The molecule has 0 spiro atoms. The molecule has 0 unspecified atom stereocenters. The summed E-state index contributed by atoms with van der Waals surface area (Å²) in [6, 6.07) is 8.44. The van der Waals surface area contributed by atoms with E-state index in [-0.39, 0.29) is 23.0 Å². The van der Waals surface area contributed by atoms with E-state index in [0.29, 0.717) is 12.0 Å². The third-order valence-electron chi connectivity index (χ3n) is 2.95. The quantitative estimate of drug-likeness (QED) is 0.846. The van der Waals surface area contributed by atoms with Gasteiger partial charge in [0.05, 0.1) is 5.02 Å². The van der Waals surface area contributed by atoms with Gasteiger partial charge in [-0.2, -0.15) is 0 Å². The molecule has 0 aliphatic carbocycles. The van der Waals surface area contributed by atoms with Crippen molar-refractivity contribution < 1.29 is 8.42 Å². The van der Waals surface area contributed by atoms with Crippen LogP contribution in [0.25, 0.3) is 0 Å². The molecule has 0 bridgehead atoms. The van der Waals surface area contributed by atoms with Crippen molar-refractivity contribution in [2.75, 3.05) is 6.54 Å². The number of hydrogen-bond acceptors (Lipinski definition) is 4. The molecule has 5 nitrogen and oxygen atoms in total. The van der Waals surface area contributed by atoms with Crippen LogP contribution >= 0.6 is 11.6 Å². The molecule has 0 radical (unpaired) electrons. The van der Waals surface area contributed by atoms with Crippen molar-refractivity contribution in [3.05, 3.63) is 58.9 Å². The van der Waals surface area contributed by atoms with Crippen molar-refractivity contribution in [3.8, 4) is 0 Å². The van der Waals surface area contributed by atoms with Gasteiger partial charge in [-0.05, 0) is 35.7 Å². The number of hydrogen-bond donors (Lipinski definition) is 2. The molecule has 1 aromatic heterocycles. The number of nitrogens with zero attached hydrogens (tertiary/aromatic N) is 1. The average Bonchev–Trinajstić information content (AvgIpc) is 2.48. The van der Waals surface area contributed by atoms with Gasteiger partial charge in [-0.3, -0.25) is 4.98 Å². The van der Waals surface area contributed by atoms with E-state index in [0.717, 1.165) is 5.56 Å². The van der Waals surface area contributed by atoms with Crippen molar-refractivity contribution in [1.29, 1.82) is 0 Å². The summed E-state index contributed by atoms with van der Waals surface area (Å²) in [5, 5.41) is 0.182. The van der Waals surface area contributed by atoms with Gasteiger partial charge in [0.2, 0.25) is 10.0 Å². The van der Waals surface area contributed by atoms with Gasteiger partial charge in [0.1, 0.15) is 4.90 Å². The lowest BCUT2D eigenvalue weighted by Crippen LogP contribution is -2.26. The van der Waals surface area contributed by atoms with Crippen LogP contribution in [0.2, 0.25) is 5.02 Å². The molecule has 0 fully saturated rings. The Kier molecular flexibility index (Phi) is 5.30. The number of pyridine rings is 1. The molecule has 0 atom stereocenters. The minimum atomic E-state index is -3.65. The molecular weight excluding hydrogens is 310 g/mol. The van der Waals surface area contributed by atoms with Gasteiger partial charge in [0.25, 0.3) is 0 Å². The Bertz CT molecular complexity index is 705. The van der Waals surface area contributed by atoms with Gasteiger partial charge in [-0.1, -0.05) is 23.7 Å². The van der Waals surface area contributed by atoms with Gasteiger partial charge in [-0.15, -0.1) is 0 Å². The Morgan fingerprint density at radius 2 is 2.05 bits per heavy atom. The van der Waals surface area contributed by atoms with E-state index in [1.165, 1.54) is 6.07 Å². The fraction of sp³-hybridized carbons (Fsp3) is 0.214. The summed E-state index contributed by atoms with van der Waals surface area (Å²) in [4.78, 5) is 4.04. The van der Waals surface area contributed by atoms with Crippen LogP contribution in [0, 0.1) is 0 Å². The molecule has 7 heteroatoms. The number of halogens is 1. The van der Waals surface area contributed by atoms with Crippen LogP contribution in [0.4, 0.5) is 0 Å². The fourth-order valence-electron chi connectivity index (χ4n) is 1.83. The summed E-state index contributed by atoms with van der Waals surface area (Å²) in [5.41, 5.74) is 7.20. The van der Waals surface area contributed by atoms with E-state index in [2.05, 4.69) is 9.71 Å². The third-order valence-corrected chi connectivity index (χ3v) is 4.89. The van der Waals surface area contributed by atoms with Crippen molar-refractivity contribution >= 4 is 21.6 Å². The van der Waals surface area contributed by atoms with Crippen LogP contribution in [-0.2, 0) is 23.0 Å². The van der Waals surface area contributed by atoms with Crippen LogP contribution in [0.3, 0.4) is 0 Å². The SMILES string of the molecule is NCc1ccc(Cl)c(S(=O)(=O)NCCc2cccnc2)c1. The van der Waals surface area contributed by atoms with Crippen LogP contribution in [0.15, 0.2) is 47.6 Å². The molecule has 1 heterocycles. The van der Waals surface area contributed by atoms with E-state index in [4.69, 9.17) is 17.3 Å². The summed E-state index contributed by atoms with van der Waals surface area (Å²) in [6.45, 7) is 0.534. The maximum atomic E-state index is 12.3. The highest BCUT2D eigenvalue weighted by Gasteiger charge is 2.17. The first kappa shape index (κ1) is 15.9. The summed E-state index contributed by atoms with van der Waals surface area (Å²) >= 11 is 5.96. The van der Waals surface area contributed by atoms with Crippen molar-refractivity contribution in [3.63, 3.8) is 0 Å². The minimum absolute atomic E-state index is 0.0540. The molecule has 112 valence electrons. The Morgan fingerprint density at radius 1 is 1.24 bits per heavy atom. The standard InChI is InChI=1S/C14H16ClN3O2S/c15-13-4-3-12(9-16)8-14(13)21(19,20)18-7-5-11-2-1-6-17-10-11/h1-4,6,8,10,18H,5,7,9,16H2. The second-order valence-corrected chi connectivity index (χ2v) is 6.62. The molecule has 0 aliphatic rings. The van der Waals surface area contributed by atoms with Crippen molar-refractivity contribution in [2.45, 2.75) is 17.9 Å². The number of nitrogens with one attached hydrogen (secondary N) is 1. The summed E-state index contributed by atoms with van der Waals surface area (Å²) in [5.74, 6) is 0. The minimum Gasteiger partial charge on any atom is -0.326 e. The summed E-state index contributed by atoms with van der Waals surface area (Å²) in [7, 11) is -3.65. The highest BCUT2D eigenvalue weighted by molar-refractivity contribution is 7.89. The molecule has 0 saturated carbocycles. The van der Waals surface area contributed by atoms with E-state index in [1.807, 2.05) is 12.1 Å². The van der Waals surface area contributed by atoms with E-state index >= 15 is 0 Å². The zero-order valence-electron chi connectivity index (χ0n) is 11.3. The summed E-state index contributed by atoms with van der Waals surface area (Å²) < 4.78 is 27.1. The lowest BCUT2D eigenvalue weighted by molar-refractivity contribution is 0.581. The lowest BCUT2D eigenvalue weighted by Gasteiger charge is -2.09. The van der Waals surface area contributed by atoms with Gasteiger partial charge in [0.15, 0.2) is 0 Å².